The number of piperidine rings is 1. The number of ether oxygens (including phenoxy) is 2. The lowest BCUT2D eigenvalue weighted by Gasteiger charge is -2.41. The number of carbonyl (C=O) groups excluding carboxylic acids is 2. The number of likely N-dealkylation sites (tertiary alicyclic amines) is 1. The molecule has 2 amide bonds. The second-order valence-corrected chi connectivity index (χ2v) is 6.75. The summed E-state index contributed by atoms with van der Waals surface area (Å²) in [4.78, 5) is 28.8. The normalized spacial score (nSPS) is 20.1. The maximum atomic E-state index is 12.9. The number of nitrogens with one attached hydrogen (secondary N) is 1. The summed E-state index contributed by atoms with van der Waals surface area (Å²) in [5.74, 6) is 1.58. The molecule has 1 atom stereocenters. The zero-order valence-electron chi connectivity index (χ0n) is 15.9. The summed E-state index contributed by atoms with van der Waals surface area (Å²) in [5.41, 5.74) is 0.817. The predicted molar refractivity (Wildman–Crippen MR) is 105 cm³/mol. The second-order valence-electron chi connectivity index (χ2n) is 6.75. The molecule has 3 rings (SSSR count). The summed E-state index contributed by atoms with van der Waals surface area (Å²) >= 11 is 0. The van der Waals surface area contributed by atoms with Gasteiger partial charge < -0.3 is 24.6 Å². The van der Waals surface area contributed by atoms with Crippen LogP contribution in [0.3, 0.4) is 0 Å². The van der Waals surface area contributed by atoms with E-state index in [0.29, 0.717) is 24.6 Å². The Labute approximate surface area is 166 Å². The van der Waals surface area contributed by atoms with Crippen molar-refractivity contribution in [1.82, 2.24) is 15.1 Å². The average Bonchev–Trinajstić information content (AvgIpc) is 2.68. The van der Waals surface area contributed by atoms with Crippen LogP contribution in [-0.2, 0) is 16.0 Å². The molecule has 1 unspecified atom stereocenters. The smallest absolute Gasteiger partial charge is 0.236 e. The van der Waals surface area contributed by atoms with Gasteiger partial charge in [0, 0.05) is 37.8 Å². The summed E-state index contributed by atoms with van der Waals surface area (Å²) in [6.45, 7) is 3.27. The van der Waals surface area contributed by atoms with Crippen molar-refractivity contribution >= 4 is 24.2 Å². The van der Waals surface area contributed by atoms with Gasteiger partial charge in [-0.2, -0.15) is 0 Å². The minimum Gasteiger partial charge on any atom is -0.497 e. The van der Waals surface area contributed by atoms with Crippen LogP contribution in [0.5, 0.6) is 11.5 Å². The van der Waals surface area contributed by atoms with Gasteiger partial charge in [-0.05, 0) is 31.0 Å². The monoisotopic (exact) mass is 397 g/mol. The minimum absolute atomic E-state index is 0. The van der Waals surface area contributed by atoms with Gasteiger partial charge in [-0.3, -0.25) is 9.59 Å². The molecule has 0 bridgehead atoms. The molecule has 150 valence electrons. The Balaban J connectivity index is 0.00000261. The lowest BCUT2D eigenvalue weighted by atomic mass is 10.0. The lowest BCUT2D eigenvalue weighted by molar-refractivity contribution is -0.140. The molecule has 7 nitrogen and oxygen atoms in total. The molecule has 1 aromatic rings. The van der Waals surface area contributed by atoms with Crippen molar-refractivity contribution in [2.75, 3.05) is 46.9 Å². The molecule has 0 saturated carbocycles. The quantitative estimate of drug-likeness (QED) is 0.805. The van der Waals surface area contributed by atoms with Crippen molar-refractivity contribution < 1.29 is 19.1 Å². The number of methoxy groups -OCH3 is 2. The number of hydrogen-bond donors (Lipinski definition) is 1. The van der Waals surface area contributed by atoms with E-state index in [1.54, 1.807) is 14.2 Å². The number of halogens is 1. The van der Waals surface area contributed by atoms with E-state index in [4.69, 9.17) is 9.47 Å². The summed E-state index contributed by atoms with van der Waals surface area (Å²) < 4.78 is 10.6. The fourth-order valence-corrected chi connectivity index (χ4v) is 3.74. The third-order valence-electron chi connectivity index (χ3n) is 5.15. The highest BCUT2D eigenvalue weighted by atomic mass is 35.5. The summed E-state index contributed by atoms with van der Waals surface area (Å²) in [5, 5.41) is 3.10. The van der Waals surface area contributed by atoms with Crippen molar-refractivity contribution in [1.29, 1.82) is 0 Å². The van der Waals surface area contributed by atoms with Gasteiger partial charge in [-0.1, -0.05) is 0 Å². The van der Waals surface area contributed by atoms with Gasteiger partial charge in [0.05, 0.1) is 27.2 Å². The molecular weight excluding hydrogens is 370 g/mol. The Bertz CT molecular complexity index is 670. The van der Waals surface area contributed by atoms with Crippen molar-refractivity contribution in [3.63, 3.8) is 0 Å². The first-order valence-corrected chi connectivity index (χ1v) is 9.11. The summed E-state index contributed by atoms with van der Waals surface area (Å²) in [6.07, 6.45) is 2.14. The van der Waals surface area contributed by atoms with Gasteiger partial charge in [-0.15, -0.1) is 12.4 Å². The Kier molecular flexibility index (Phi) is 7.74. The number of carbonyl (C=O) groups is 2. The number of benzene rings is 1. The molecule has 2 saturated heterocycles. The van der Waals surface area contributed by atoms with Gasteiger partial charge >= 0.3 is 0 Å². The highest BCUT2D eigenvalue weighted by molar-refractivity contribution is 5.85. The molecule has 1 aromatic carbocycles. The number of nitrogens with zero attached hydrogens (tertiary/aromatic N) is 2. The summed E-state index contributed by atoms with van der Waals surface area (Å²) in [7, 11) is 3.20. The van der Waals surface area contributed by atoms with E-state index >= 15 is 0 Å². The molecule has 27 heavy (non-hydrogen) atoms. The van der Waals surface area contributed by atoms with Crippen LogP contribution in [0.1, 0.15) is 18.4 Å². The molecule has 0 aliphatic carbocycles. The first-order chi connectivity index (χ1) is 12.6. The molecule has 0 spiro atoms. The number of rotatable bonds is 5. The molecule has 2 aliphatic heterocycles. The molecule has 0 aromatic heterocycles. The summed E-state index contributed by atoms with van der Waals surface area (Å²) in [6, 6.07) is 5.60. The van der Waals surface area contributed by atoms with Gasteiger partial charge in [0.25, 0.3) is 0 Å². The zero-order valence-corrected chi connectivity index (χ0v) is 16.7. The number of piperazine rings is 1. The molecule has 2 aliphatic rings. The van der Waals surface area contributed by atoms with E-state index in [1.165, 1.54) is 0 Å². The Morgan fingerprint density at radius 1 is 1.26 bits per heavy atom. The molecule has 2 fully saturated rings. The lowest BCUT2D eigenvalue weighted by Crippen LogP contribution is -2.57. The highest BCUT2D eigenvalue weighted by Crippen LogP contribution is 2.26. The van der Waals surface area contributed by atoms with E-state index in [2.05, 4.69) is 5.32 Å². The van der Waals surface area contributed by atoms with E-state index in [9.17, 15) is 9.59 Å². The van der Waals surface area contributed by atoms with Crippen LogP contribution in [0, 0.1) is 0 Å². The van der Waals surface area contributed by atoms with Crippen molar-refractivity contribution in [3.05, 3.63) is 23.8 Å². The fraction of sp³-hybridized carbons (Fsp3) is 0.579. The third-order valence-corrected chi connectivity index (χ3v) is 5.15. The van der Waals surface area contributed by atoms with Gasteiger partial charge in [0.15, 0.2) is 0 Å². The maximum Gasteiger partial charge on any atom is 0.236 e. The Morgan fingerprint density at radius 3 is 2.78 bits per heavy atom. The van der Waals surface area contributed by atoms with E-state index in [-0.39, 0.29) is 36.7 Å². The SMILES string of the molecule is COc1ccc(OC)c(CC(=O)N2CCCC(N3CCNCC3=O)C2)c1.Cl. The molecule has 1 N–H and O–H groups in total. The third kappa shape index (κ3) is 5.05. The predicted octanol–water partition coefficient (Wildman–Crippen LogP) is 1.09. The standard InChI is InChI=1S/C19H27N3O4.ClH/c1-25-16-5-6-17(26-2)14(10-16)11-18(23)21-8-3-4-15(13-21)22-9-7-20-12-19(22)24;/h5-6,10,15,20H,3-4,7-9,11-13H2,1-2H3;1H. The second kappa shape index (κ2) is 9.80. The molecule has 8 heteroatoms. The van der Waals surface area contributed by atoms with E-state index < -0.39 is 0 Å². The van der Waals surface area contributed by atoms with Crippen LogP contribution in [-0.4, -0.2) is 74.6 Å². The van der Waals surface area contributed by atoms with Crippen molar-refractivity contribution in [2.24, 2.45) is 0 Å². The van der Waals surface area contributed by atoms with Gasteiger partial charge in [0.2, 0.25) is 11.8 Å². The molecule has 0 radical (unpaired) electrons. The zero-order chi connectivity index (χ0) is 18.5. The number of hydrogen-bond acceptors (Lipinski definition) is 5. The van der Waals surface area contributed by atoms with Gasteiger partial charge in [-0.25, -0.2) is 0 Å². The van der Waals surface area contributed by atoms with Crippen LogP contribution >= 0.6 is 12.4 Å². The van der Waals surface area contributed by atoms with Crippen molar-refractivity contribution in [3.8, 4) is 11.5 Å². The minimum atomic E-state index is 0. The van der Waals surface area contributed by atoms with Crippen LogP contribution in [0.2, 0.25) is 0 Å². The highest BCUT2D eigenvalue weighted by Gasteiger charge is 2.31. The molecular formula is C19H28ClN3O4. The first kappa shape index (κ1) is 21.3. The molecule has 2 heterocycles. The van der Waals surface area contributed by atoms with Crippen LogP contribution in [0.4, 0.5) is 0 Å². The van der Waals surface area contributed by atoms with Crippen LogP contribution in [0.25, 0.3) is 0 Å². The fourth-order valence-electron chi connectivity index (χ4n) is 3.74. The van der Waals surface area contributed by atoms with Gasteiger partial charge in [0.1, 0.15) is 11.5 Å². The van der Waals surface area contributed by atoms with Crippen LogP contribution in [0.15, 0.2) is 18.2 Å². The first-order valence-electron chi connectivity index (χ1n) is 9.11. The average molecular weight is 398 g/mol. The largest absolute Gasteiger partial charge is 0.497 e. The van der Waals surface area contributed by atoms with E-state index in [1.807, 2.05) is 28.0 Å². The Hall–Kier alpha value is -1.99. The van der Waals surface area contributed by atoms with E-state index in [0.717, 1.165) is 38.0 Å². The Morgan fingerprint density at radius 2 is 2.07 bits per heavy atom. The van der Waals surface area contributed by atoms with Crippen molar-refractivity contribution in [2.45, 2.75) is 25.3 Å². The maximum absolute atomic E-state index is 12.9. The van der Waals surface area contributed by atoms with Crippen LogP contribution < -0.4 is 14.8 Å². The topological polar surface area (TPSA) is 71.1 Å². The number of amides is 2.